The van der Waals surface area contributed by atoms with Crippen molar-refractivity contribution in [1.82, 2.24) is 0 Å². The quantitative estimate of drug-likeness (QED) is 0.0651. The van der Waals surface area contributed by atoms with Gasteiger partial charge in [-0.25, -0.2) is 0 Å². The highest BCUT2D eigenvalue weighted by molar-refractivity contribution is 5.81. The normalized spacial score (nSPS) is 52.5. The molecule has 24 nitrogen and oxygen atoms in total. The minimum atomic E-state index is -1.96. The van der Waals surface area contributed by atoms with Crippen LogP contribution in [0.5, 0.6) is 0 Å². The van der Waals surface area contributed by atoms with Gasteiger partial charge in [0.05, 0.1) is 42.9 Å². The molecule has 450 valence electrons. The fraction of sp³-hybridized carbons (Fsp3) is 0.909. The van der Waals surface area contributed by atoms with Gasteiger partial charge in [-0.2, -0.15) is 0 Å². The van der Waals surface area contributed by atoms with E-state index in [2.05, 4.69) is 40.7 Å². The van der Waals surface area contributed by atoms with Gasteiger partial charge in [-0.1, -0.05) is 46.3 Å². The average molecular weight is 1130 g/mol. The number of carbonyl (C=O) groups excluding carboxylic acids is 2. The number of aliphatic carboxylic acids is 1. The third-order valence-electron chi connectivity index (χ3n) is 21.5. The fourth-order valence-corrected chi connectivity index (χ4v) is 16.4. The van der Waals surface area contributed by atoms with Crippen molar-refractivity contribution in [3.8, 4) is 0 Å². The molecule has 0 radical (unpaired) electrons. The second kappa shape index (κ2) is 22.1. The number of carbonyl (C=O) groups is 3. The van der Waals surface area contributed by atoms with E-state index in [0.29, 0.717) is 25.7 Å². The Bertz CT molecular complexity index is 2270. The standard InChI is InChI=1S/C55H86O24/c1-23-33(59)36(62)39(65)45(73-23)78-42-28(20-56)75-44(41(67)38(42)64)72-22-29-35(61)37(63)40(66)46(76-29)79-49(70)55-17-15-51(5,48(68)69)19-26(55)25-9-10-31-52(6)13-12-32(77-47-43(74-24(2)57)34(60)27(58)21-71-47)50(3,4)30(52)11-14-54(31,8)53(25,7)16-18-55/h9,23,26-47,56,58-67H,10-22H2,1-8H3,(H,68,69)/t23-,26-,27-,28+,29+,30-,31+,32-,33-,34-,35+,36+,37-,38+,39+,40+,41+,42+,43+,44+,45-,46-,47-,51+,52-,53+,54+,55-/m0/s1. The number of hydrogen-bond acceptors (Lipinski definition) is 23. The zero-order valence-corrected chi connectivity index (χ0v) is 46.3. The van der Waals surface area contributed by atoms with Crippen LogP contribution in [0.25, 0.3) is 0 Å². The largest absolute Gasteiger partial charge is 0.481 e. The van der Waals surface area contributed by atoms with Gasteiger partial charge in [-0.15, -0.1) is 0 Å². The van der Waals surface area contributed by atoms with Gasteiger partial charge in [-0.3, -0.25) is 14.4 Å². The molecule has 0 aromatic carbocycles. The molecule has 4 saturated carbocycles. The lowest BCUT2D eigenvalue weighted by Crippen LogP contribution is -2.66. The molecule has 0 amide bonds. The molecule has 28 atom stereocenters. The van der Waals surface area contributed by atoms with Crippen LogP contribution in [0, 0.1) is 50.2 Å². The van der Waals surface area contributed by atoms with Crippen LogP contribution in [0.3, 0.4) is 0 Å². The monoisotopic (exact) mass is 1130 g/mol. The first kappa shape index (κ1) is 61.0. The third-order valence-corrected chi connectivity index (χ3v) is 21.5. The molecule has 9 rings (SSSR count). The van der Waals surface area contributed by atoms with Crippen molar-refractivity contribution in [3.63, 3.8) is 0 Å². The summed E-state index contributed by atoms with van der Waals surface area (Å²) in [6.45, 7) is 13.9. The van der Waals surface area contributed by atoms with E-state index in [0.717, 1.165) is 24.8 Å². The Morgan fingerprint density at radius 3 is 1.96 bits per heavy atom. The van der Waals surface area contributed by atoms with Crippen molar-refractivity contribution in [3.05, 3.63) is 11.6 Å². The molecule has 9 aliphatic rings. The Balaban J connectivity index is 0.912. The summed E-state index contributed by atoms with van der Waals surface area (Å²) in [6, 6.07) is 0. The maximum Gasteiger partial charge on any atom is 0.315 e. The summed E-state index contributed by atoms with van der Waals surface area (Å²) in [7, 11) is 0. The molecule has 24 heteroatoms. The summed E-state index contributed by atoms with van der Waals surface area (Å²) in [6.07, 6.45) is -23.3. The van der Waals surface area contributed by atoms with Gasteiger partial charge >= 0.3 is 17.9 Å². The number of carboxylic acids is 1. The molecular weight excluding hydrogens is 1040 g/mol. The van der Waals surface area contributed by atoms with E-state index >= 15 is 4.79 Å². The minimum Gasteiger partial charge on any atom is -0.481 e. The predicted molar refractivity (Wildman–Crippen MR) is 267 cm³/mol. The first-order valence-corrected chi connectivity index (χ1v) is 28.1. The van der Waals surface area contributed by atoms with Crippen LogP contribution in [-0.4, -0.2) is 222 Å². The minimum absolute atomic E-state index is 0.121. The first-order valence-electron chi connectivity index (χ1n) is 28.1. The molecule has 0 unspecified atom stereocenters. The summed E-state index contributed by atoms with van der Waals surface area (Å²) >= 11 is 0. The highest BCUT2D eigenvalue weighted by Gasteiger charge is 2.71. The van der Waals surface area contributed by atoms with E-state index in [1.54, 1.807) is 6.92 Å². The summed E-state index contributed by atoms with van der Waals surface area (Å²) < 4.78 is 52.6. The summed E-state index contributed by atoms with van der Waals surface area (Å²) in [4.78, 5) is 40.4. The summed E-state index contributed by atoms with van der Waals surface area (Å²) in [5.74, 6) is -2.70. The van der Waals surface area contributed by atoms with Crippen LogP contribution in [0.4, 0.5) is 0 Å². The van der Waals surface area contributed by atoms with Crippen molar-refractivity contribution in [2.75, 3.05) is 19.8 Å². The van der Waals surface area contributed by atoms with Gasteiger partial charge in [0.25, 0.3) is 0 Å². The molecule has 0 bridgehead atoms. The van der Waals surface area contributed by atoms with E-state index in [1.165, 1.54) is 13.8 Å². The first-order chi connectivity index (χ1) is 36.9. The van der Waals surface area contributed by atoms with Gasteiger partial charge in [0.2, 0.25) is 6.29 Å². The van der Waals surface area contributed by atoms with E-state index in [9.17, 15) is 70.9 Å². The number of aliphatic hydroxyl groups excluding tert-OH is 11. The van der Waals surface area contributed by atoms with E-state index < -0.39 is 175 Å². The molecular formula is C55H86O24. The average Bonchev–Trinajstić information content (AvgIpc) is 3.56. The molecule has 5 aliphatic carbocycles. The fourth-order valence-electron chi connectivity index (χ4n) is 16.4. The second-order valence-electron chi connectivity index (χ2n) is 26.1. The van der Waals surface area contributed by atoms with Crippen molar-refractivity contribution >= 4 is 17.9 Å². The second-order valence-corrected chi connectivity index (χ2v) is 26.1. The Morgan fingerprint density at radius 1 is 0.646 bits per heavy atom. The van der Waals surface area contributed by atoms with Gasteiger partial charge in [0.1, 0.15) is 79.4 Å². The number of ether oxygens (including phenoxy) is 9. The number of allylic oxidation sites excluding steroid dienone is 2. The lowest BCUT2D eigenvalue weighted by atomic mass is 9.33. The van der Waals surface area contributed by atoms with Crippen molar-refractivity contribution in [1.29, 1.82) is 0 Å². The van der Waals surface area contributed by atoms with E-state index in [-0.39, 0.29) is 54.6 Å². The zero-order valence-electron chi connectivity index (χ0n) is 46.3. The highest BCUT2D eigenvalue weighted by Crippen LogP contribution is 2.76. The van der Waals surface area contributed by atoms with Crippen LogP contribution in [0.1, 0.15) is 120 Å². The van der Waals surface area contributed by atoms with Crippen LogP contribution < -0.4 is 0 Å². The molecule has 12 N–H and O–H groups in total. The molecule has 4 heterocycles. The van der Waals surface area contributed by atoms with Crippen molar-refractivity contribution in [2.24, 2.45) is 50.2 Å². The number of hydrogen-bond donors (Lipinski definition) is 12. The molecule has 4 aliphatic heterocycles. The summed E-state index contributed by atoms with van der Waals surface area (Å²) in [5, 5.41) is 129. The number of carboxylic acid groups (broad SMARTS) is 1. The van der Waals surface area contributed by atoms with Crippen molar-refractivity contribution < 1.29 is 118 Å². The maximum atomic E-state index is 15.2. The molecule has 0 aromatic heterocycles. The van der Waals surface area contributed by atoms with Crippen LogP contribution in [0.2, 0.25) is 0 Å². The van der Waals surface area contributed by atoms with Gasteiger partial charge < -0.3 is 104 Å². The number of rotatable bonds is 12. The van der Waals surface area contributed by atoms with Gasteiger partial charge in [0, 0.05) is 6.92 Å². The lowest BCUT2D eigenvalue weighted by molar-refractivity contribution is -0.361. The van der Waals surface area contributed by atoms with Crippen LogP contribution in [0.15, 0.2) is 11.6 Å². The highest BCUT2D eigenvalue weighted by atomic mass is 16.8. The zero-order chi connectivity index (χ0) is 57.9. The van der Waals surface area contributed by atoms with Gasteiger partial charge in [-0.05, 0) is 117 Å². The molecule has 8 fully saturated rings. The number of aliphatic hydroxyl groups is 11. The van der Waals surface area contributed by atoms with Crippen LogP contribution >= 0.6 is 0 Å². The Labute approximate surface area is 459 Å². The third kappa shape index (κ3) is 10.1. The van der Waals surface area contributed by atoms with Crippen molar-refractivity contribution in [2.45, 2.75) is 242 Å². The topological polar surface area (TPSA) is 377 Å². The van der Waals surface area contributed by atoms with Crippen LogP contribution in [-0.2, 0) is 57.0 Å². The molecule has 0 spiro atoms. The molecule has 79 heavy (non-hydrogen) atoms. The van der Waals surface area contributed by atoms with E-state index in [1.807, 2.05) is 0 Å². The summed E-state index contributed by atoms with van der Waals surface area (Å²) in [5.41, 5.74) is -2.95. The molecule has 0 aromatic rings. The lowest BCUT2D eigenvalue weighted by Gasteiger charge is -2.71. The van der Waals surface area contributed by atoms with Gasteiger partial charge in [0.15, 0.2) is 25.0 Å². The predicted octanol–water partition coefficient (Wildman–Crippen LogP) is -0.733. The molecule has 4 saturated heterocycles. The number of esters is 2. The Hall–Kier alpha value is -2.57. The number of fused-ring (bicyclic) bond motifs is 7. The smallest absolute Gasteiger partial charge is 0.315 e. The van der Waals surface area contributed by atoms with E-state index in [4.69, 9.17) is 42.6 Å². The Morgan fingerprint density at radius 2 is 1.29 bits per heavy atom. The Kier molecular flexibility index (Phi) is 17.1. The maximum absolute atomic E-state index is 15.2. The SMILES string of the molecule is CC(=O)O[C@H]1[C@H](O[C@H]2CC[C@]3(C)[C@H]4CC=C5[C@@H]6C[C@](C)(C(=O)O)CC[C@]6(C(=O)O[C@@H]6O[C@H](CO[C@@H]7O[C@H](CO)[C@@H](O[C@@H]8O[C@@H](C)[C@H](O)[C@@H](O)[C@H]8O)[C@H](O)[C@H]7O)[C@@H](O)[C@H](O)[C@H]6O)CC[C@@]5(C)[C@]4(C)CC[C@H]3C2(C)C)OC[C@H](O)[C@@H]1O.